The van der Waals surface area contributed by atoms with Crippen molar-refractivity contribution >= 4 is 15.9 Å². The lowest BCUT2D eigenvalue weighted by Gasteiger charge is -2.27. The van der Waals surface area contributed by atoms with Crippen LogP contribution in [-0.4, -0.2) is 21.9 Å². The zero-order valence-electron chi connectivity index (χ0n) is 9.99. The zero-order valence-corrected chi connectivity index (χ0v) is 11.6. The minimum absolute atomic E-state index is 0.443. The molecular formula is C12H17BrN4. The molecule has 17 heavy (non-hydrogen) atoms. The molecule has 92 valence electrons. The van der Waals surface area contributed by atoms with Crippen molar-refractivity contribution in [3.63, 3.8) is 0 Å². The molecule has 0 aromatic carbocycles. The predicted octanol–water partition coefficient (Wildman–Crippen LogP) is 2.32. The molecule has 2 rings (SSSR count). The van der Waals surface area contributed by atoms with E-state index in [2.05, 4.69) is 39.3 Å². The Morgan fingerprint density at radius 2 is 2.47 bits per heavy atom. The lowest BCUT2D eigenvalue weighted by molar-refractivity contribution is 0.306. The third-order valence-corrected chi connectivity index (χ3v) is 3.59. The number of aromatic nitrogens is 2. The summed E-state index contributed by atoms with van der Waals surface area (Å²) in [6, 6.07) is 2.48. The summed E-state index contributed by atoms with van der Waals surface area (Å²) in [5, 5.41) is 17.2. The van der Waals surface area contributed by atoms with E-state index in [4.69, 9.17) is 0 Å². The molecule has 0 spiro atoms. The van der Waals surface area contributed by atoms with Gasteiger partial charge < -0.3 is 0 Å². The summed E-state index contributed by atoms with van der Waals surface area (Å²) in [6.45, 7) is 3.62. The van der Waals surface area contributed by atoms with Gasteiger partial charge in [0.1, 0.15) is 5.54 Å². The first-order valence-electron chi connectivity index (χ1n) is 6.04. The number of nitrogens with one attached hydrogen (secondary N) is 1. The standard InChI is InChI=1S/C12H17BrN4/c1-2-5-15-12(8-14,10-3-4-10)9-17-7-11(13)6-16-17/h6-7,10,15H,2-5,9H2,1H3. The molecule has 0 amide bonds. The monoisotopic (exact) mass is 296 g/mol. The maximum Gasteiger partial charge on any atom is 0.129 e. The smallest absolute Gasteiger partial charge is 0.129 e. The van der Waals surface area contributed by atoms with Gasteiger partial charge in [-0.1, -0.05) is 6.92 Å². The normalized spacial score (nSPS) is 18.6. The van der Waals surface area contributed by atoms with E-state index in [1.54, 1.807) is 6.20 Å². The van der Waals surface area contributed by atoms with Gasteiger partial charge in [0.15, 0.2) is 0 Å². The molecule has 0 bridgehead atoms. The quantitative estimate of drug-likeness (QED) is 0.876. The van der Waals surface area contributed by atoms with Crippen LogP contribution in [0, 0.1) is 17.2 Å². The lowest BCUT2D eigenvalue weighted by Crippen LogP contribution is -2.50. The van der Waals surface area contributed by atoms with E-state index in [1.807, 2.05) is 10.9 Å². The average Bonchev–Trinajstić information content (AvgIpc) is 3.10. The average molecular weight is 297 g/mol. The summed E-state index contributed by atoms with van der Waals surface area (Å²) in [5.74, 6) is 0.474. The van der Waals surface area contributed by atoms with Crippen LogP contribution in [0.5, 0.6) is 0 Å². The van der Waals surface area contributed by atoms with Gasteiger partial charge in [-0.2, -0.15) is 10.4 Å². The molecule has 0 aliphatic heterocycles. The van der Waals surface area contributed by atoms with Crippen molar-refractivity contribution in [2.45, 2.75) is 38.3 Å². The summed E-state index contributed by atoms with van der Waals surface area (Å²) < 4.78 is 2.80. The predicted molar refractivity (Wildman–Crippen MR) is 69.3 cm³/mol. The number of hydrogen-bond donors (Lipinski definition) is 1. The molecular weight excluding hydrogens is 280 g/mol. The van der Waals surface area contributed by atoms with Crippen LogP contribution in [0.1, 0.15) is 26.2 Å². The first-order valence-corrected chi connectivity index (χ1v) is 6.83. The summed E-state index contributed by atoms with van der Waals surface area (Å²) in [6.07, 6.45) is 7.01. The van der Waals surface area contributed by atoms with Gasteiger partial charge in [0, 0.05) is 6.20 Å². The van der Waals surface area contributed by atoms with Gasteiger partial charge in [0.05, 0.1) is 23.3 Å². The van der Waals surface area contributed by atoms with E-state index < -0.39 is 5.54 Å². The minimum Gasteiger partial charge on any atom is -0.298 e. The first kappa shape index (κ1) is 12.6. The van der Waals surface area contributed by atoms with E-state index in [1.165, 1.54) is 0 Å². The van der Waals surface area contributed by atoms with Crippen LogP contribution in [0.15, 0.2) is 16.9 Å². The third kappa shape index (κ3) is 2.88. The van der Waals surface area contributed by atoms with Crippen molar-refractivity contribution in [3.05, 3.63) is 16.9 Å². The maximum absolute atomic E-state index is 9.52. The molecule has 1 N–H and O–H groups in total. The number of hydrogen-bond acceptors (Lipinski definition) is 3. The summed E-state index contributed by atoms with van der Waals surface area (Å²) in [7, 11) is 0. The highest BCUT2D eigenvalue weighted by atomic mass is 79.9. The SMILES string of the molecule is CCCNC(C#N)(Cn1cc(Br)cn1)C1CC1. The van der Waals surface area contributed by atoms with Gasteiger partial charge in [-0.15, -0.1) is 0 Å². The number of rotatable bonds is 6. The Balaban J connectivity index is 2.12. The Labute approximate surface area is 110 Å². The third-order valence-electron chi connectivity index (χ3n) is 3.18. The van der Waals surface area contributed by atoms with Crippen molar-refractivity contribution in [1.29, 1.82) is 5.26 Å². The van der Waals surface area contributed by atoms with Gasteiger partial charge in [0.2, 0.25) is 0 Å². The van der Waals surface area contributed by atoms with Crippen molar-refractivity contribution < 1.29 is 0 Å². The molecule has 1 aliphatic rings. The number of nitriles is 1. The van der Waals surface area contributed by atoms with Crippen molar-refractivity contribution in [1.82, 2.24) is 15.1 Å². The van der Waals surface area contributed by atoms with Crippen LogP contribution >= 0.6 is 15.9 Å². The highest BCUT2D eigenvalue weighted by Crippen LogP contribution is 2.40. The Morgan fingerprint density at radius 3 is 2.94 bits per heavy atom. The van der Waals surface area contributed by atoms with Gasteiger partial charge in [0.25, 0.3) is 0 Å². The second-order valence-corrected chi connectivity index (χ2v) is 5.56. The zero-order chi connectivity index (χ0) is 12.3. The van der Waals surface area contributed by atoms with E-state index in [0.717, 1.165) is 30.3 Å². The molecule has 1 atom stereocenters. The fourth-order valence-corrected chi connectivity index (χ4v) is 2.43. The largest absolute Gasteiger partial charge is 0.298 e. The molecule has 4 nitrogen and oxygen atoms in total. The van der Waals surface area contributed by atoms with E-state index in [0.29, 0.717) is 12.5 Å². The van der Waals surface area contributed by atoms with E-state index in [-0.39, 0.29) is 0 Å². The summed E-state index contributed by atoms with van der Waals surface area (Å²) in [4.78, 5) is 0. The molecule has 0 saturated heterocycles. The second kappa shape index (κ2) is 5.19. The maximum atomic E-state index is 9.52. The topological polar surface area (TPSA) is 53.6 Å². The van der Waals surface area contributed by atoms with Crippen molar-refractivity contribution in [3.8, 4) is 6.07 Å². The molecule has 1 aromatic rings. The first-order chi connectivity index (χ1) is 8.20. The molecule has 1 heterocycles. The number of nitrogens with zero attached hydrogens (tertiary/aromatic N) is 3. The molecule has 1 fully saturated rings. The Kier molecular flexibility index (Phi) is 3.85. The van der Waals surface area contributed by atoms with Crippen LogP contribution in [0.3, 0.4) is 0 Å². The second-order valence-electron chi connectivity index (χ2n) is 4.64. The fourth-order valence-electron chi connectivity index (χ4n) is 2.10. The molecule has 5 heteroatoms. The summed E-state index contributed by atoms with van der Waals surface area (Å²) >= 11 is 3.38. The molecule has 1 saturated carbocycles. The highest BCUT2D eigenvalue weighted by molar-refractivity contribution is 9.10. The lowest BCUT2D eigenvalue weighted by atomic mass is 9.94. The highest BCUT2D eigenvalue weighted by Gasteiger charge is 2.45. The van der Waals surface area contributed by atoms with Crippen molar-refractivity contribution in [2.24, 2.45) is 5.92 Å². The van der Waals surface area contributed by atoms with Crippen LogP contribution in [-0.2, 0) is 6.54 Å². The molecule has 1 aromatic heterocycles. The minimum atomic E-state index is -0.443. The summed E-state index contributed by atoms with van der Waals surface area (Å²) in [5.41, 5.74) is -0.443. The van der Waals surface area contributed by atoms with E-state index >= 15 is 0 Å². The van der Waals surface area contributed by atoms with E-state index in [9.17, 15) is 5.26 Å². The Hall–Kier alpha value is -0.860. The van der Waals surface area contributed by atoms with Gasteiger partial charge in [-0.25, -0.2) is 0 Å². The molecule has 1 unspecified atom stereocenters. The fraction of sp³-hybridized carbons (Fsp3) is 0.667. The Bertz CT molecular complexity index is 418. The molecule has 1 aliphatic carbocycles. The number of halogens is 1. The van der Waals surface area contributed by atoms with Crippen molar-refractivity contribution in [2.75, 3.05) is 6.54 Å². The van der Waals surface area contributed by atoms with Crippen LogP contribution in [0.2, 0.25) is 0 Å². The van der Waals surface area contributed by atoms with Gasteiger partial charge in [-0.05, 0) is 47.7 Å². The van der Waals surface area contributed by atoms with Gasteiger partial charge >= 0.3 is 0 Å². The Morgan fingerprint density at radius 1 is 1.71 bits per heavy atom. The van der Waals surface area contributed by atoms with Crippen LogP contribution in [0.4, 0.5) is 0 Å². The van der Waals surface area contributed by atoms with Crippen LogP contribution < -0.4 is 5.32 Å². The van der Waals surface area contributed by atoms with Crippen LogP contribution in [0.25, 0.3) is 0 Å². The molecule has 0 radical (unpaired) electrons. The van der Waals surface area contributed by atoms with Gasteiger partial charge in [-0.3, -0.25) is 10.00 Å².